The Bertz CT molecular complexity index is 596. The van der Waals surface area contributed by atoms with E-state index in [1.165, 1.54) is 0 Å². The molecule has 0 aliphatic carbocycles. The first-order valence-corrected chi connectivity index (χ1v) is 6.09. The molecule has 0 aromatic heterocycles. The predicted octanol–water partition coefficient (Wildman–Crippen LogP) is 3.39. The van der Waals surface area contributed by atoms with Crippen molar-refractivity contribution in [3.8, 4) is 6.07 Å². The van der Waals surface area contributed by atoms with Crippen LogP contribution in [0.4, 0.5) is 0 Å². The van der Waals surface area contributed by atoms with E-state index in [0.717, 1.165) is 3.57 Å². The number of hydrogen-bond acceptors (Lipinski definition) is 2. The third kappa shape index (κ3) is 2.53. The van der Waals surface area contributed by atoms with Crippen molar-refractivity contribution in [1.29, 1.82) is 5.26 Å². The molecule has 2 aromatic rings. The maximum absolute atomic E-state index is 12.2. The summed E-state index contributed by atoms with van der Waals surface area (Å²) < 4.78 is 0.930. The van der Waals surface area contributed by atoms with Gasteiger partial charge in [-0.3, -0.25) is 4.79 Å². The Balaban J connectivity index is 2.38. The van der Waals surface area contributed by atoms with E-state index in [4.69, 9.17) is 5.26 Å². The molecule has 0 atom stereocenters. The van der Waals surface area contributed by atoms with Gasteiger partial charge in [0.2, 0.25) is 0 Å². The van der Waals surface area contributed by atoms with Crippen LogP contribution in [0.1, 0.15) is 21.5 Å². The molecule has 2 rings (SSSR count). The molecule has 2 nitrogen and oxygen atoms in total. The topological polar surface area (TPSA) is 40.9 Å². The van der Waals surface area contributed by atoms with Gasteiger partial charge in [0.25, 0.3) is 0 Å². The monoisotopic (exact) mass is 333 g/mol. The summed E-state index contributed by atoms with van der Waals surface area (Å²) in [5, 5.41) is 8.69. The zero-order chi connectivity index (χ0) is 12.3. The third-order valence-electron chi connectivity index (χ3n) is 2.39. The molecule has 0 amide bonds. The summed E-state index contributed by atoms with van der Waals surface area (Å²) in [7, 11) is 0. The second-order valence-corrected chi connectivity index (χ2v) is 4.66. The van der Waals surface area contributed by atoms with Gasteiger partial charge in [-0.15, -0.1) is 0 Å². The molecule has 17 heavy (non-hydrogen) atoms. The van der Waals surface area contributed by atoms with Crippen LogP contribution >= 0.6 is 22.6 Å². The minimum absolute atomic E-state index is 0.0144. The van der Waals surface area contributed by atoms with Crippen molar-refractivity contribution in [2.24, 2.45) is 0 Å². The second kappa shape index (κ2) is 5.11. The Morgan fingerprint density at radius 2 is 1.71 bits per heavy atom. The molecule has 82 valence electrons. The van der Waals surface area contributed by atoms with E-state index in [0.29, 0.717) is 16.7 Å². The number of nitriles is 1. The van der Waals surface area contributed by atoms with Gasteiger partial charge in [-0.1, -0.05) is 12.1 Å². The molecule has 0 radical (unpaired) electrons. The van der Waals surface area contributed by atoms with Gasteiger partial charge in [0.15, 0.2) is 5.78 Å². The van der Waals surface area contributed by atoms with E-state index < -0.39 is 0 Å². The highest BCUT2D eigenvalue weighted by molar-refractivity contribution is 14.1. The fourth-order valence-corrected chi connectivity index (χ4v) is 2.13. The molecule has 0 aliphatic rings. The van der Waals surface area contributed by atoms with Crippen LogP contribution in [0.2, 0.25) is 0 Å². The molecule has 0 bridgehead atoms. The summed E-state index contributed by atoms with van der Waals surface area (Å²) >= 11 is 2.14. The largest absolute Gasteiger partial charge is 0.289 e. The van der Waals surface area contributed by atoms with Crippen molar-refractivity contribution in [3.05, 3.63) is 68.8 Å². The van der Waals surface area contributed by atoms with E-state index in [1.807, 2.05) is 30.3 Å². The van der Waals surface area contributed by atoms with Crippen LogP contribution in [-0.4, -0.2) is 5.78 Å². The van der Waals surface area contributed by atoms with E-state index in [1.54, 1.807) is 24.3 Å². The van der Waals surface area contributed by atoms with Gasteiger partial charge in [0.1, 0.15) is 0 Å². The van der Waals surface area contributed by atoms with Gasteiger partial charge >= 0.3 is 0 Å². The lowest BCUT2D eigenvalue weighted by molar-refractivity contribution is 0.103. The van der Waals surface area contributed by atoms with E-state index in [2.05, 4.69) is 22.6 Å². The Hall–Kier alpha value is -1.67. The summed E-state index contributed by atoms with van der Waals surface area (Å²) in [6, 6.07) is 16.2. The van der Waals surface area contributed by atoms with Crippen LogP contribution in [-0.2, 0) is 0 Å². The van der Waals surface area contributed by atoms with Crippen molar-refractivity contribution >= 4 is 28.4 Å². The van der Waals surface area contributed by atoms with Gasteiger partial charge in [0.05, 0.1) is 11.6 Å². The Morgan fingerprint density at radius 3 is 2.29 bits per heavy atom. The van der Waals surface area contributed by atoms with Gasteiger partial charge in [-0.25, -0.2) is 0 Å². The standard InChI is InChI=1S/C14H8INO/c15-13-4-2-1-3-12(13)14(17)11-7-5-10(9-16)6-8-11/h1-8H. The highest BCUT2D eigenvalue weighted by Crippen LogP contribution is 2.16. The predicted molar refractivity (Wildman–Crippen MR) is 73.7 cm³/mol. The summed E-state index contributed by atoms with van der Waals surface area (Å²) in [4.78, 5) is 12.2. The highest BCUT2D eigenvalue weighted by atomic mass is 127. The van der Waals surface area contributed by atoms with Gasteiger partial charge in [-0.2, -0.15) is 5.26 Å². The van der Waals surface area contributed by atoms with E-state index >= 15 is 0 Å². The number of carbonyl (C=O) groups is 1. The molecule has 0 unspecified atom stereocenters. The molecule has 0 N–H and O–H groups in total. The minimum Gasteiger partial charge on any atom is -0.289 e. The SMILES string of the molecule is N#Cc1ccc(C(=O)c2ccccc2I)cc1. The Morgan fingerprint density at radius 1 is 1.06 bits per heavy atom. The zero-order valence-corrected chi connectivity index (χ0v) is 11.0. The fraction of sp³-hybridized carbons (Fsp3) is 0. The van der Waals surface area contributed by atoms with Crippen molar-refractivity contribution in [2.45, 2.75) is 0 Å². The lowest BCUT2D eigenvalue weighted by Crippen LogP contribution is -2.03. The quantitative estimate of drug-likeness (QED) is 0.624. The minimum atomic E-state index is -0.0144. The summed E-state index contributed by atoms with van der Waals surface area (Å²) in [5.41, 5.74) is 1.86. The average Bonchev–Trinajstić information content (AvgIpc) is 2.39. The summed E-state index contributed by atoms with van der Waals surface area (Å²) in [6.07, 6.45) is 0. The fourth-order valence-electron chi connectivity index (χ4n) is 1.50. The summed E-state index contributed by atoms with van der Waals surface area (Å²) in [5.74, 6) is -0.0144. The first-order chi connectivity index (χ1) is 8.22. The molecular formula is C14H8INO. The Kier molecular flexibility index (Phi) is 3.55. The molecule has 0 heterocycles. The lowest BCUT2D eigenvalue weighted by Gasteiger charge is -2.03. The van der Waals surface area contributed by atoms with Gasteiger partial charge in [0, 0.05) is 14.7 Å². The molecule has 0 aliphatic heterocycles. The number of benzene rings is 2. The lowest BCUT2D eigenvalue weighted by atomic mass is 10.0. The normalized spacial score (nSPS) is 9.65. The van der Waals surface area contributed by atoms with Crippen LogP contribution in [0.25, 0.3) is 0 Å². The first-order valence-electron chi connectivity index (χ1n) is 5.02. The number of rotatable bonds is 2. The number of hydrogen-bond donors (Lipinski definition) is 0. The molecule has 0 saturated carbocycles. The number of ketones is 1. The molecule has 0 spiro atoms. The van der Waals surface area contributed by atoms with Crippen molar-refractivity contribution in [2.75, 3.05) is 0 Å². The average molecular weight is 333 g/mol. The van der Waals surface area contributed by atoms with E-state index in [-0.39, 0.29) is 5.78 Å². The Labute approximate surface area is 113 Å². The van der Waals surface area contributed by atoms with Crippen molar-refractivity contribution in [1.82, 2.24) is 0 Å². The highest BCUT2D eigenvalue weighted by Gasteiger charge is 2.11. The summed E-state index contributed by atoms with van der Waals surface area (Å²) in [6.45, 7) is 0. The van der Waals surface area contributed by atoms with Gasteiger partial charge < -0.3 is 0 Å². The second-order valence-electron chi connectivity index (χ2n) is 3.50. The first kappa shape index (κ1) is 11.8. The number of carbonyl (C=O) groups excluding carboxylic acids is 1. The maximum atomic E-state index is 12.2. The third-order valence-corrected chi connectivity index (χ3v) is 3.34. The van der Waals surface area contributed by atoms with E-state index in [9.17, 15) is 4.79 Å². The van der Waals surface area contributed by atoms with Crippen LogP contribution < -0.4 is 0 Å². The number of halogens is 1. The van der Waals surface area contributed by atoms with Crippen molar-refractivity contribution in [3.63, 3.8) is 0 Å². The molecule has 0 saturated heterocycles. The molecule has 0 fully saturated rings. The maximum Gasteiger partial charge on any atom is 0.194 e. The van der Waals surface area contributed by atoms with Crippen molar-refractivity contribution < 1.29 is 4.79 Å². The zero-order valence-electron chi connectivity index (χ0n) is 8.85. The molecule has 3 heteroatoms. The van der Waals surface area contributed by atoms with Crippen LogP contribution in [0.5, 0.6) is 0 Å². The molecular weight excluding hydrogens is 325 g/mol. The van der Waals surface area contributed by atoms with Gasteiger partial charge in [-0.05, 0) is 59.0 Å². The van der Waals surface area contributed by atoms with Crippen LogP contribution in [0, 0.1) is 14.9 Å². The smallest absolute Gasteiger partial charge is 0.194 e. The van der Waals surface area contributed by atoms with Crippen LogP contribution in [0.3, 0.4) is 0 Å². The number of nitrogens with zero attached hydrogens (tertiary/aromatic N) is 1. The van der Waals surface area contributed by atoms with Crippen LogP contribution in [0.15, 0.2) is 48.5 Å². The molecule has 2 aromatic carbocycles.